The highest BCUT2D eigenvalue weighted by Gasteiger charge is 2.38. The van der Waals surface area contributed by atoms with Crippen LogP contribution >= 0.6 is 0 Å². The number of carbonyl (C=O) groups is 2. The largest absolute Gasteiger partial charge is 0.489 e. The van der Waals surface area contributed by atoms with Gasteiger partial charge in [-0.3, -0.25) is 15.0 Å². The molecule has 0 bridgehead atoms. The summed E-state index contributed by atoms with van der Waals surface area (Å²) in [6, 6.07) is 7.69. The molecule has 1 unspecified atom stereocenters. The van der Waals surface area contributed by atoms with Crippen molar-refractivity contribution in [3.8, 4) is 5.75 Å². The summed E-state index contributed by atoms with van der Waals surface area (Å²) >= 11 is 0. The summed E-state index contributed by atoms with van der Waals surface area (Å²) in [6.45, 7) is 4.33. The summed E-state index contributed by atoms with van der Waals surface area (Å²) in [5.41, 5.74) is 1.24. The second-order valence-electron chi connectivity index (χ2n) is 8.03. The van der Waals surface area contributed by atoms with E-state index in [0.717, 1.165) is 17.7 Å². The second kappa shape index (κ2) is 10.3. The van der Waals surface area contributed by atoms with E-state index in [0.29, 0.717) is 23.3 Å². The van der Waals surface area contributed by atoms with Gasteiger partial charge in [-0.15, -0.1) is 0 Å². The molecule has 0 aromatic heterocycles. The maximum Gasteiger partial charge on any atom is 0.410 e. The van der Waals surface area contributed by atoms with Crippen LogP contribution in [0.1, 0.15) is 36.6 Å². The molecule has 1 amide bonds. The molecule has 0 radical (unpaired) electrons. The van der Waals surface area contributed by atoms with E-state index in [1.165, 1.54) is 18.1 Å². The van der Waals surface area contributed by atoms with Crippen LogP contribution in [0.15, 0.2) is 36.4 Å². The van der Waals surface area contributed by atoms with Crippen molar-refractivity contribution in [1.29, 1.82) is 0 Å². The summed E-state index contributed by atoms with van der Waals surface area (Å²) in [7, 11) is 1.26. The molecule has 0 N–H and O–H groups in total. The molecule has 0 saturated carbocycles. The van der Waals surface area contributed by atoms with Crippen LogP contribution in [0.3, 0.4) is 0 Å². The first-order chi connectivity index (χ1) is 15.7. The first-order valence-electron chi connectivity index (χ1n) is 10.4. The van der Waals surface area contributed by atoms with Crippen LogP contribution in [-0.4, -0.2) is 42.1 Å². The highest BCUT2D eigenvalue weighted by Crippen LogP contribution is 2.34. The minimum Gasteiger partial charge on any atom is -0.489 e. The number of rotatable bonds is 7. The number of methoxy groups -OCH3 is 1. The number of hydrogen-bond acceptors (Lipinski definition) is 7. The first-order valence-corrected chi connectivity index (χ1v) is 10.4. The number of amides is 1. The van der Waals surface area contributed by atoms with E-state index < -0.39 is 34.5 Å². The third-order valence-corrected chi connectivity index (χ3v) is 5.15. The van der Waals surface area contributed by atoms with E-state index in [2.05, 4.69) is 0 Å². The Balaban J connectivity index is 1.78. The van der Waals surface area contributed by atoms with E-state index in [9.17, 15) is 24.1 Å². The van der Waals surface area contributed by atoms with Gasteiger partial charge >= 0.3 is 17.7 Å². The van der Waals surface area contributed by atoms with Crippen LogP contribution < -0.4 is 4.74 Å². The number of fused-ring (bicyclic) bond motifs is 1. The number of ether oxygens (including phenoxy) is 3. The van der Waals surface area contributed by atoms with Gasteiger partial charge in [-0.25, -0.2) is 9.59 Å². The maximum atomic E-state index is 13.5. The molecule has 0 spiro atoms. The molecule has 33 heavy (non-hydrogen) atoms. The smallest absolute Gasteiger partial charge is 0.410 e. The summed E-state index contributed by atoms with van der Waals surface area (Å²) in [4.78, 5) is 36.6. The van der Waals surface area contributed by atoms with Gasteiger partial charge in [0.05, 0.1) is 18.6 Å². The van der Waals surface area contributed by atoms with Crippen LogP contribution in [0.5, 0.6) is 5.75 Å². The highest BCUT2D eigenvalue weighted by atomic mass is 19.1. The molecular weight excluding hydrogens is 435 g/mol. The zero-order valence-electron chi connectivity index (χ0n) is 18.6. The Morgan fingerprint density at radius 1 is 1.24 bits per heavy atom. The number of esters is 1. The van der Waals surface area contributed by atoms with Crippen molar-refractivity contribution in [3.05, 3.63) is 69.0 Å². The number of hydrogen-bond donors (Lipinski definition) is 0. The Morgan fingerprint density at radius 3 is 2.67 bits per heavy atom. The molecular formula is C23H25FN2O7. The molecule has 2 aromatic rings. The summed E-state index contributed by atoms with van der Waals surface area (Å²) in [5.74, 6) is -0.863. The van der Waals surface area contributed by atoms with Crippen molar-refractivity contribution in [3.63, 3.8) is 0 Å². The lowest BCUT2D eigenvalue weighted by Gasteiger charge is -2.35. The molecule has 0 aliphatic carbocycles. The van der Waals surface area contributed by atoms with Gasteiger partial charge in [-0.2, -0.15) is 4.39 Å². The zero-order valence-corrected chi connectivity index (χ0v) is 18.6. The van der Waals surface area contributed by atoms with Crippen molar-refractivity contribution >= 4 is 17.7 Å². The summed E-state index contributed by atoms with van der Waals surface area (Å²) in [6.07, 6.45) is -0.110. The van der Waals surface area contributed by atoms with E-state index in [-0.39, 0.29) is 25.7 Å². The number of benzene rings is 2. The third kappa shape index (κ3) is 5.57. The monoisotopic (exact) mass is 460 g/mol. The van der Waals surface area contributed by atoms with Gasteiger partial charge in [0.2, 0.25) is 5.82 Å². The van der Waals surface area contributed by atoms with Gasteiger partial charge in [0.25, 0.3) is 0 Å². The average Bonchev–Trinajstić information content (AvgIpc) is 2.80. The molecule has 1 heterocycles. The summed E-state index contributed by atoms with van der Waals surface area (Å²) < 4.78 is 29.5. The molecule has 1 aliphatic heterocycles. The lowest BCUT2D eigenvalue weighted by Crippen LogP contribution is -2.44. The van der Waals surface area contributed by atoms with Gasteiger partial charge < -0.3 is 14.2 Å². The topological polar surface area (TPSA) is 108 Å². The van der Waals surface area contributed by atoms with Crippen LogP contribution in [-0.2, 0) is 27.3 Å². The van der Waals surface area contributed by atoms with Crippen molar-refractivity contribution in [2.75, 3.05) is 20.3 Å². The number of carbonyl (C=O) groups excluding carboxylic acids is 2. The van der Waals surface area contributed by atoms with Gasteiger partial charge in [0.1, 0.15) is 12.4 Å². The van der Waals surface area contributed by atoms with Crippen molar-refractivity contribution in [1.82, 2.24) is 4.90 Å². The van der Waals surface area contributed by atoms with E-state index in [1.54, 1.807) is 18.2 Å². The SMILES string of the molecule is COC(=O)C1c2ccc(OCc3ccc(F)c([N+](=O)[O-])c3)cc2CCN1C(=O)OCC(C)C. The fourth-order valence-corrected chi connectivity index (χ4v) is 3.53. The maximum absolute atomic E-state index is 13.5. The first kappa shape index (κ1) is 24.0. The van der Waals surface area contributed by atoms with Crippen LogP contribution in [0.2, 0.25) is 0 Å². The Hall–Kier alpha value is -3.69. The van der Waals surface area contributed by atoms with Crippen molar-refractivity contribution in [2.45, 2.75) is 32.9 Å². The average molecular weight is 460 g/mol. The molecule has 0 fully saturated rings. The lowest BCUT2D eigenvalue weighted by atomic mass is 9.92. The van der Waals surface area contributed by atoms with Crippen LogP contribution in [0.25, 0.3) is 0 Å². The van der Waals surface area contributed by atoms with Crippen LogP contribution in [0, 0.1) is 21.8 Å². The van der Waals surface area contributed by atoms with Gasteiger partial charge in [-0.05, 0) is 47.2 Å². The fraction of sp³-hybridized carbons (Fsp3) is 0.391. The van der Waals surface area contributed by atoms with Gasteiger partial charge in [0.15, 0.2) is 6.04 Å². The highest BCUT2D eigenvalue weighted by molar-refractivity contribution is 5.84. The van der Waals surface area contributed by atoms with Crippen molar-refractivity contribution < 1.29 is 33.1 Å². The Bertz CT molecular complexity index is 1060. The predicted octanol–water partition coefficient (Wildman–Crippen LogP) is 4.18. The molecule has 2 aromatic carbocycles. The van der Waals surface area contributed by atoms with Crippen molar-refractivity contribution in [2.24, 2.45) is 5.92 Å². The Labute approximate surface area is 190 Å². The molecule has 10 heteroatoms. The lowest BCUT2D eigenvalue weighted by molar-refractivity contribution is -0.387. The standard InChI is InChI=1S/C23H25FN2O7/c1-14(2)12-33-23(28)25-9-8-16-11-17(5-6-18(16)21(25)22(27)31-3)32-13-15-4-7-19(24)20(10-15)26(29)30/h4-7,10-11,14,21H,8-9,12-13H2,1-3H3. The molecule has 3 rings (SSSR count). The Kier molecular flexibility index (Phi) is 7.47. The number of nitrogens with zero attached hydrogens (tertiary/aromatic N) is 2. The molecule has 9 nitrogen and oxygen atoms in total. The minimum absolute atomic E-state index is 0.00596. The molecule has 176 valence electrons. The number of nitro groups is 1. The fourth-order valence-electron chi connectivity index (χ4n) is 3.53. The van der Waals surface area contributed by atoms with E-state index >= 15 is 0 Å². The summed E-state index contributed by atoms with van der Waals surface area (Å²) in [5, 5.41) is 10.9. The zero-order chi connectivity index (χ0) is 24.1. The molecule has 1 aliphatic rings. The van der Waals surface area contributed by atoms with Gasteiger partial charge in [0, 0.05) is 12.6 Å². The molecule has 0 saturated heterocycles. The number of halogens is 1. The van der Waals surface area contributed by atoms with Gasteiger partial charge in [-0.1, -0.05) is 26.0 Å². The predicted molar refractivity (Wildman–Crippen MR) is 115 cm³/mol. The third-order valence-electron chi connectivity index (χ3n) is 5.15. The number of nitro benzene ring substituents is 1. The second-order valence-corrected chi connectivity index (χ2v) is 8.03. The molecule has 1 atom stereocenters. The van der Waals surface area contributed by atoms with E-state index in [1.807, 2.05) is 13.8 Å². The quantitative estimate of drug-likeness (QED) is 0.346. The minimum atomic E-state index is -0.938. The van der Waals surface area contributed by atoms with Crippen LogP contribution in [0.4, 0.5) is 14.9 Å². The van der Waals surface area contributed by atoms with E-state index in [4.69, 9.17) is 14.2 Å². The Morgan fingerprint density at radius 2 is 2.00 bits per heavy atom. The normalized spacial score (nSPS) is 15.1.